The van der Waals surface area contributed by atoms with E-state index in [0.29, 0.717) is 5.69 Å². The first-order valence-electron chi connectivity index (χ1n) is 11.4. The van der Waals surface area contributed by atoms with Gasteiger partial charge in [-0.1, -0.05) is 34.9 Å². The van der Waals surface area contributed by atoms with Crippen molar-refractivity contribution in [3.8, 4) is 5.75 Å². The van der Waals surface area contributed by atoms with Crippen molar-refractivity contribution in [2.45, 2.75) is 99.0 Å². The van der Waals surface area contributed by atoms with Crippen molar-refractivity contribution in [3.05, 3.63) is 62.6 Å². The van der Waals surface area contributed by atoms with Crippen LogP contribution in [0.5, 0.6) is 5.75 Å². The minimum absolute atomic E-state index is 0.256. The molecule has 1 aliphatic heterocycles. The van der Waals surface area contributed by atoms with E-state index in [9.17, 15) is 4.91 Å². The summed E-state index contributed by atoms with van der Waals surface area (Å²) >= 11 is 0. The number of fused-ring (bicyclic) bond motifs is 1. The summed E-state index contributed by atoms with van der Waals surface area (Å²) in [6, 6.07) is 1.90. The summed E-state index contributed by atoms with van der Waals surface area (Å²) in [5, 5.41) is 3.16. The predicted octanol–water partition coefficient (Wildman–Crippen LogP) is 8.59. The average Bonchev–Trinajstić information content (AvgIpc) is 2.70. The summed E-state index contributed by atoms with van der Waals surface area (Å²) in [6.45, 7) is 12.8. The third-order valence-corrected chi connectivity index (χ3v) is 6.11. The molecular weight excluding hydrogens is 370 g/mol. The number of hydrogen-bond acceptors (Lipinski definition) is 3. The summed E-state index contributed by atoms with van der Waals surface area (Å²) in [4.78, 5) is 11.0. The van der Waals surface area contributed by atoms with E-state index in [-0.39, 0.29) is 6.10 Å². The van der Waals surface area contributed by atoms with Crippen LogP contribution in [-0.4, -0.2) is 6.10 Å². The largest absolute Gasteiger partial charge is 0.490 e. The molecule has 0 amide bonds. The standard InChI is InChI=1S/C27H39NO2/c1-19(2)10-7-11-20(3)12-8-13-21(4)14-9-15-25-17-16-24-18-26(28-29)22(5)23(6)27(24)30-25/h10,12,14,18,25H,7-9,11,13,15-17H2,1-6H3/b20-12+,21-14+. The van der Waals surface area contributed by atoms with Gasteiger partial charge in [-0.2, -0.15) is 0 Å². The monoisotopic (exact) mass is 409 g/mol. The van der Waals surface area contributed by atoms with Gasteiger partial charge in [-0.05, 0) is 121 Å². The van der Waals surface area contributed by atoms with Crippen LogP contribution >= 0.6 is 0 Å². The van der Waals surface area contributed by atoms with E-state index in [1.807, 2.05) is 19.9 Å². The highest BCUT2D eigenvalue weighted by Gasteiger charge is 2.23. The normalized spacial score (nSPS) is 16.7. The number of allylic oxidation sites excluding steroid dienone is 6. The molecule has 30 heavy (non-hydrogen) atoms. The highest BCUT2D eigenvalue weighted by Crippen LogP contribution is 2.38. The minimum atomic E-state index is 0.256. The molecular formula is C27H39NO2. The highest BCUT2D eigenvalue weighted by atomic mass is 16.5. The number of ether oxygens (including phenoxy) is 1. The van der Waals surface area contributed by atoms with Gasteiger partial charge in [-0.15, -0.1) is 4.91 Å². The lowest BCUT2D eigenvalue weighted by Gasteiger charge is -2.28. The third-order valence-electron chi connectivity index (χ3n) is 6.11. The molecule has 3 heteroatoms. The maximum absolute atomic E-state index is 11.0. The molecule has 0 saturated carbocycles. The molecule has 0 aliphatic carbocycles. The van der Waals surface area contributed by atoms with E-state index in [2.05, 4.69) is 51.1 Å². The topological polar surface area (TPSA) is 38.7 Å². The zero-order valence-corrected chi connectivity index (χ0v) is 19.8. The number of aryl methyl sites for hydroxylation is 1. The summed E-state index contributed by atoms with van der Waals surface area (Å²) in [6.07, 6.45) is 16.0. The maximum atomic E-state index is 11.0. The molecule has 2 rings (SSSR count). The van der Waals surface area contributed by atoms with Gasteiger partial charge in [-0.3, -0.25) is 0 Å². The third kappa shape index (κ3) is 7.27. The van der Waals surface area contributed by atoms with Gasteiger partial charge in [0, 0.05) is 0 Å². The lowest BCUT2D eigenvalue weighted by atomic mass is 9.94. The number of hydrogen-bond donors (Lipinski definition) is 0. The van der Waals surface area contributed by atoms with Crippen molar-refractivity contribution in [2.75, 3.05) is 0 Å². The smallest absolute Gasteiger partial charge is 0.126 e. The lowest BCUT2D eigenvalue weighted by Crippen LogP contribution is -2.23. The molecule has 0 N–H and O–H groups in total. The van der Waals surface area contributed by atoms with E-state index in [4.69, 9.17) is 4.74 Å². The van der Waals surface area contributed by atoms with Crippen molar-refractivity contribution >= 4 is 5.69 Å². The van der Waals surface area contributed by atoms with Crippen LogP contribution in [0.1, 0.15) is 89.3 Å². The summed E-state index contributed by atoms with van der Waals surface area (Å²) in [5.74, 6) is 0.977. The lowest BCUT2D eigenvalue weighted by molar-refractivity contribution is 0.163. The Kier molecular flexibility index (Phi) is 9.55. The zero-order valence-electron chi connectivity index (χ0n) is 19.8. The predicted molar refractivity (Wildman–Crippen MR) is 129 cm³/mol. The van der Waals surface area contributed by atoms with Crippen LogP contribution in [0.4, 0.5) is 5.69 Å². The molecule has 0 spiro atoms. The Balaban J connectivity index is 1.79. The fourth-order valence-corrected chi connectivity index (χ4v) is 3.99. The molecule has 1 aliphatic rings. The van der Waals surface area contributed by atoms with Crippen LogP contribution in [0, 0.1) is 18.8 Å². The van der Waals surface area contributed by atoms with Crippen LogP contribution < -0.4 is 4.74 Å². The minimum Gasteiger partial charge on any atom is -0.490 e. The quantitative estimate of drug-likeness (QED) is 0.286. The van der Waals surface area contributed by atoms with Gasteiger partial charge in [0.05, 0.1) is 6.10 Å². The van der Waals surface area contributed by atoms with Crippen LogP contribution in [-0.2, 0) is 6.42 Å². The SMILES string of the molecule is CC(C)=CCC/C(C)=C/CC/C(C)=C/CCC1CCc2cc(N=O)c(C)c(C)c2O1. The molecule has 1 unspecified atom stereocenters. The van der Waals surface area contributed by atoms with Gasteiger partial charge in [0.1, 0.15) is 11.4 Å². The zero-order chi connectivity index (χ0) is 22.1. The van der Waals surface area contributed by atoms with Crippen LogP contribution in [0.25, 0.3) is 0 Å². The molecule has 0 radical (unpaired) electrons. The Morgan fingerprint density at radius 1 is 1.00 bits per heavy atom. The number of nitrogens with zero attached hydrogens (tertiary/aromatic N) is 1. The Hall–Kier alpha value is -2.16. The van der Waals surface area contributed by atoms with Crippen molar-refractivity contribution in [3.63, 3.8) is 0 Å². The van der Waals surface area contributed by atoms with E-state index >= 15 is 0 Å². The molecule has 0 bridgehead atoms. The molecule has 0 aromatic heterocycles. The fraction of sp³-hybridized carbons (Fsp3) is 0.556. The average molecular weight is 410 g/mol. The number of rotatable bonds is 10. The molecule has 164 valence electrons. The maximum Gasteiger partial charge on any atom is 0.126 e. The molecule has 1 aromatic rings. The van der Waals surface area contributed by atoms with Crippen molar-refractivity contribution in [1.29, 1.82) is 0 Å². The van der Waals surface area contributed by atoms with E-state index < -0.39 is 0 Å². The number of nitroso groups, excluding NO2 is 1. The van der Waals surface area contributed by atoms with E-state index in [0.717, 1.165) is 73.8 Å². The second-order valence-electron chi connectivity index (χ2n) is 9.04. The summed E-state index contributed by atoms with van der Waals surface area (Å²) < 4.78 is 6.30. The second-order valence-corrected chi connectivity index (χ2v) is 9.04. The van der Waals surface area contributed by atoms with Crippen molar-refractivity contribution in [1.82, 2.24) is 0 Å². The van der Waals surface area contributed by atoms with Crippen LogP contribution in [0.2, 0.25) is 0 Å². The van der Waals surface area contributed by atoms with Crippen molar-refractivity contribution < 1.29 is 4.74 Å². The Morgan fingerprint density at radius 2 is 1.63 bits per heavy atom. The molecule has 1 aromatic carbocycles. The molecule has 3 nitrogen and oxygen atoms in total. The highest BCUT2D eigenvalue weighted by molar-refractivity contribution is 5.59. The molecule has 0 saturated heterocycles. The van der Waals surface area contributed by atoms with Crippen molar-refractivity contribution in [2.24, 2.45) is 5.18 Å². The first-order chi connectivity index (χ1) is 14.3. The van der Waals surface area contributed by atoms with Gasteiger partial charge < -0.3 is 4.74 Å². The van der Waals surface area contributed by atoms with Gasteiger partial charge in [-0.25, -0.2) is 0 Å². The molecule has 1 heterocycles. The van der Waals surface area contributed by atoms with Gasteiger partial charge in [0.2, 0.25) is 0 Å². The van der Waals surface area contributed by atoms with Crippen LogP contribution in [0.15, 0.2) is 46.2 Å². The summed E-state index contributed by atoms with van der Waals surface area (Å²) in [5.41, 5.74) is 8.03. The molecule has 0 fully saturated rings. The van der Waals surface area contributed by atoms with Gasteiger partial charge >= 0.3 is 0 Å². The first-order valence-corrected chi connectivity index (χ1v) is 11.4. The first kappa shape index (κ1) is 24.1. The van der Waals surface area contributed by atoms with Crippen LogP contribution in [0.3, 0.4) is 0 Å². The van der Waals surface area contributed by atoms with E-state index in [1.54, 1.807) is 0 Å². The molecule has 1 atom stereocenters. The fourth-order valence-electron chi connectivity index (χ4n) is 3.99. The Labute approximate surface area is 183 Å². The van der Waals surface area contributed by atoms with Gasteiger partial charge in [0.15, 0.2) is 0 Å². The van der Waals surface area contributed by atoms with E-state index in [1.165, 1.54) is 16.7 Å². The summed E-state index contributed by atoms with van der Waals surface area (Å²) in [7, 11) is 0. The second kappa shape index (κ2) is 11.9. The number of benzene rings is 1. The van der Waals surface area contributed by atoms with Gasteiger partial charge in [0.25, 0.3) is 0 Å². The Morgan fingerprint density at radius 3 is 2.27 bits per heavy atom. The Bertz CT molecular complexity index is 826.